The quantitative estimate of drug-likeness (QED) is 0.618. The zero-order chi connectivity index (χ0) is 14.6. The first-order valence-electron chi connectivity index (χ1n) is 6.42. The molecule has 1 aromatic carbocycles. The summed E-state index contributed by atoms with van der Waals surface area (Å²) < 4.78 is 10.6. The first kappa shape index (κ1) is 15.2. The lowest BCUT2D eigenvalue weighted by Gasteiger charge is -2.15. The smallest absolute Gasteiger partial charge is 0.310 e. The Morgan fingerprint density at radius 1 is 0.947 bits per heavy atom. The Bertz CT molecular complexity index is 503. The second-order valence-electron chi connectivity index (χ2n) is 4.43. The molecule has 1 rings (SSSR count). The summed E-state index contributed by atoms with van der Waals surface area (Å²) in [5.41, 5.74) is 2.41. The molecule has 0 bridgehead atoms. The minimum absolute atomic E-state index is 0.274. The average molecular weight is 264 g/mol. The van der Waals surface area contributed by atoms with Gasteiger partial charge in [-0.15, -0.1) is 0 Å². The van der Waals surface area contributed by atoms with Gasteiger partial charge in [-0.3, -0.25) is 9.59 Å². The molecule has 0 radical (unpaired) electrons. The summed E-state index contributed by atoms with van der Waals surface area (Å²) in [5.74, 6) is 0.530. The van der Waals surface area contributed by atoms with E-state index in [-0.39, 0.29) is 11.9 Å². The summed E-state index contributed by atoms with van der Waals surface area (Å²) in [6, 6.07) is 1.73. The number of carbonyl (C=O) groups excluding carboxylic acids is 2. The summed E-state index contributed by atoms with van der Waals surface area (Å²) >= 11 is 0. The highest BCUT2D eigenvalue weighted by Crippen LogP contribution is 2.33. The number of hydrogen-bond acceptors (Lipinski definition) is 4. The van der Waals surface area contributed by atoms with E-state index in [1.165, 1.54) is 0 Å². The van der Waals surface area contributed by atoms with Crippen LogP contribution in [0.25, 0.3) is 0 Å². The Kier molecular flexibility index (Phi) is 5.10. The summed E-state index contributed by atoms with van der Waals surface area (Å²) in [5, 5.41) is 0. The molecular weight excluding hydrogens is 244 g/mol. The van der Waals surface area contributed by atoms with E-state index in [0.717, 1.165) is 16.7 Å². The monoisotopic (exact) mass is 264 g/mol. The number of rotatable bonds is 4. The minimum atomic E-state index is -0.278. The number of aryl methyl sites for hydroxylation is 1. The van der Waals surface area contributed by atoms with E-state index < -0.39 is 0 Å². The van der Waals surface area contributed by atoms with E-state index in [9.17, 15) is 9.59 Å². The van der Waals surface area contributed by atoms with Gasteiger partial charge in [0.05, 0.1) is 0 Å². The first-order chi connectivity index (χ1) is 8.90. The van der Waals surface area contributed by atoms with Crippen molar-refractivity contribution < 1.29 is 19.1 Å². The molecule has 0 aliphatic carbocycles. The lowest BCUT2D eigenvalue weighted by molar-refractivity contribution is -0.135. The van der Waals surface area contributed by atoms with E-state index in [1.54, 1.807) is 19.9 Å². The number of carbonyl (C=O) groups is 2. The van der Waals surface area contributed by atoms with Crippen molar-refractivity contribution in [1.82, 2.24) is 0 Å². The fourth-order valence-electron chi connectivity index (χ4n) is 1.67. The molecule has 0 aliphatic heterocycles. The Morgan fingerprint density at radius 2 is 1.47 bits per heavy atom. The predicted octanol–water partition coefficient (Wildman–Crippen LogP) is 3.24. The van der Waals surface area contributed by atoms with E-state index in [4.69, 9.17) is 9.47 Å². The van der Waals surface area contributed by atoms with Crippen LogP contribution in [0, 0.1) is 20.8 Å². The van der Waals surface area contributed by atoms with Gasteiger partial charge in [-0.05, 0) is 43.5 Å². The molecule has 4 heteroatoms. The largest absolute Gasteiger partial charge is 0.426 e. The van der Waals surface area contributed by atoms with Crippen molar-refractivity contribution >= 4 is 11.9 Å². The van der Waals surface area contributed by atoms with Gasteiger partial charge in [0.1, 0.15) is 11.5 Å². The number of benzene rings is 1. The van der Waals surface area contributed by atoms with E-state index in [0.29, 0.717) is 24.3 Å². The van der Waals surface area contributed by atoms with Gasteiger partial charge >= 0.3 is 11.9 Å². The minimum Gasteiger partial charge on any atom is -0.426 e. The third-order valence-corrected chi connectivity index (χ3v) is 3.00. The highest BCUT2D eigenvalue weighted by atomic mass is 16.5. The van der Waals surface area contributed by atoms with Crippen molar-refractivity contribution in [2.75, 3.05) is 0 Å². The topological polar surface area (TPSA) is 52.6 Å². The van der Waals surface area contributed by atoms with Crippen LogP contribution in [0.1, 0.15) is 43.4 Å². The number of ether oxygens (including phenoxy) is 2. The first-order valence-corrected chi connectivity index (χ1v) is 6.42. The predicted molar refractivity (Wildman–Crippen MR) is 72.5 cm³/mol. The lowest BCUT2D eigenvalue weighted by atomic mass is 10.0. The Balaban J connectivity index is 3.15. The van der Waals surface area contributed by atoms with Crippen LogP contribution in [0.2, 0.25) is 0 Å². The molecule has 0 amide bonds. The maximum atomic E-state index is 11.4. The maximum absolute atomic E-state index is 11.4. The van der Waals surface area contributed by atoms with Gasteiger partial charge in [0.15, 0.2) is 0 Å². The summed E-state index contributed by atoms with van der Waals surface area (Å²) in [4.78, 5) is 22.8. The van der Waals surface area contributed by atoms with Crippen LogP contribution in [0.5, 0.6) is 11.5 Å². The Morgan fingerprint density at radius 3 is 2.00 bits per heavy atom. The zero-order valence-corrected chi connectivity index (χ0v) is 12.1. The molecule has 0 saturated carbocycles. The van der Waals surface area contributed by atoms with E-state index >= 15 is 0 Å². The van der Waals surface area contributed by atoms with Crippen molar-refractivity contribution in [3.05, 3.63) is 22.8 Å². The Labute approximate surface area is 113 Å². The molecule has 19 heavy (non-hydrogen) atoms. The summed E-state index contributed by atoms with van der Waals surface area (Å²) in [7, 11) is 0. The van der Waals surface area contributed by atoms with Gasteiger partial charge in [0.2, 0.25) is 0 Å². The zero-order valence-electron chi connectivity index (χ0n) is 12.1. The Hall–Kier alpha value is -1.84. The molecule has 0 aliphatic rings. The van der Waals surface area contributed by atoms with Crippen LogP contribution in [-0.4, -0.2) is 11.9 Å². The SMILES string of the molecule is CCC(=O)Oc1cc(C)c(OC(=O)CC)c(C)c1C. The van der Waals surface area contributed by atoms with Crippen molar-refractivity contribution in [3.8, 4) is 11.5 Å². The van der Waals surface area contributed by atoms with Gasteiger partial charge in [0.25, 0.3) is 0 Å². The van der Waals surface area contributed by atoms with Gasteiger partial charge < -0.3 is 9.47 Å². The van der Waals surface area contributed by atoms with Gasteiger partial charge in [0, 0.05) is 12.8 Å². The third kappa shape index (κ3) is 3.56. The molecule has 1 aromatic rings. The standard InChI is InChI=1S/C15H20O4/c1-6-13(16)18-12-8-9(3)15(11(5)10(12)4)19-14(17)7-2/h8H,6-7H2,1-5H3. The molecule has 0 spiro atoms. The number of hydrogen-bond donors (Lipinski definition) is 0. The van der Waals surface area contributed by atoms with Gasteiger partial charge in [-0.2, -0.15) is 0 Å². The maximum Gasteiger partial charge on any atom is 0.310 e. The highest BCUT2D eigenvalue weighted by molar-refractivity contribution is 5.75. The lowest BCUT2D eigenvalue weighted by Crippen LogP contribution is -2.11. The van der Waals surface area contributed by atoms with E-state index in [2.05, 4.69) is 0 Å². The van der Waals surface area contributed by atoms with Gasteiger partial charge in [-0.1, -0.05) is 13.8 Å². The highest BCUT2D eigenvalue weighted by Gasteiger charge is 2.16. The normalized spacial score (nSPS) is 10.2. The van der Waals surface area contributed by atoms with Crippen LogP contribution in [0.15, 0.2) is 6.07 Å². The second kappa shape index (κ2) is 6.36. The van der Waals surface area contributed by atoms with Crippen LogP contribution in [0.3, 0.4) is 0 Å². The molecule has 0 heterocycles. The third-order valence-electron chi connectivity index (χ3n) is 3.00. The summed E-state index contributed by atoms with van der Waals surface area (Å²) in [6.07, 6.45) is 0.647. The van der Waals surface area contributed by atoms with Crippen molar-refractivity contribution in [3.63, 3.8) is 0 Å². The van der Waals surface area contributed by atoms with Crippen LogP contribution in [0.4, 0.5) is 0 Å². The fraction of sp³-hybridized carbons (Fsp3) is 0.467. The molecule has 0 atom stereocenters. The fourth-order valence-corrected chi connectivity index (χ4v) is 1.67. The molecule has 0 fully saturated rings. The summed E-state index contributed by atoms with van der Waals surface area (Å²) in [6.45, 7) is 9.01. The van der Waals surface area contributed by atoms with Crippen molar-refractivity contribution in [1.29, 1.82) is 0 Å². The average Bonchev–Trinajstić information content (AvgIpc) is 2.40. The van der Waals surface area contributed by atoms with Crippen molar-refractivity contribution in [2.24, 2.45) is 0 Å². The number of esters is 2. The van der Waals surface area contributed by atoms with Crippen LogP contribution < -0.4 is 9.47 Å². The van der Waals surface area contributed by atoms with E-state index in [1.807, 2.05) is 20.8 Å². The van der Waals surface area contributed by atoms with Crippen LogP contribution >= 0.6 is 0 Å². The van der Waals surface area contributed by atoms with Crippen LogP contribution in [-0.2, 0) is 9.59 Å². The molecule has 0 saturated heterocycles. The molecule has 4 nitrogen and oxygen atoms in total. The molecule has 0 unspecified atom stereocenters. The second-order valence-corrected chi connectivity index (χ2v) is 4.43. The molecule has 104 valence electrons. The molecule has 0 aromatic heterocycles. The molecule has 0 N–H and O–H groups in total. The molecular formula is C15H20O4. The van der Waals surface area contributed by atoms with Crippen molar-refractivity contribution in [2.45, 2.75) is 47.5 Å². The van der Waals surface area contributed by atoms with Gasteiger partial charge in [-0.25, -0.2) is 0 Å².